The van der Waals surface area contributed by atoms with Crippen LogP contribution in [0.5, 0.6) is 0 Å². The number of ether oxygens (including phenoxy) is 1. The highest BCUT2D eigenvalue weighted by molar-refractivity contribution is 5.79. The van der Waals surface area contributed by atoms with Crippen LogP contribution in [0.2, 0.25) is 0 Å². The summed E-state index contributed by atoms with van der Waals surface area (Å²) in [6.07, 6.45) is 11.5. The van der Waals surface area contributed by atoms with Crippen molar-refractivity contribution < 1.29 is 14.3 Å². The molecule has 3 fully saturated rings. The Kier molecular flexibility index (Phi) is 5.07. The molecule has 0 heterocycles. The molecule has 0 aromatic heterocycles. The topological polar surface area (TPSA) is 43.4 Å². The first kappa shape index (κ1) is 21.1. The van der Waals surface area contributed by atoms with Crippen molar-refractivity contribution in [2.24, 2.45) is 39.9 Å². The Balaban J connectivity index is 1.53. The molecule has 0 N–H and O–H groups in total. The Morgan fingerprint density at radius 3 is 2.41 bits per heavy atom. The highest BCUT2D eigenvalue weighted by atomic mass is 16.5. The molecule has 0 radical (unpaired) electrons. The number of fused-ring (bicyclic) bond motifs is 5. The van der Waals surface area contributed by atoms with Gasteiger partial charge < -0.3 is 4.74 Å². The minimum absolute atomic E-state index is 0.0417. The number of hydrogen-bond acceptors (Lipinski definition) is 3. The molecule has 0 bridgehead atoms. The second-order valence-electron chi connectivity index (χ2n) is 12.1. The van der Waals surface area contributed by atoms with Crippen molar-refractivity contribution >= 4 is 11.8 Å². The van der Waals surface area contributed by atoms with Crippen LogP contribution in [0, 0.1) is 39.9 Å². The van der Waals surface area contributed by atoms with E-state index in [0.717, 1.165) is 43.9 Å². The summed E-state index contributed by atoms with van der Waals surface area (Å²) in [6.45, 7) is 12.5. The molecule has 29 heavy (non-hydrogen) atoms. The summed E-state index contributed by atoms with van der Waals surface area (Å²) in [5, 5.41) is 0. The van der Waals surface area contributed by atoms with E-state index in [9.17, 15) is 9.59 Å². The number of Topliss-reactive ketones (excluding diaryl/α,β-unsaturated/α-hetero) is 1. The lowest BCUT2D eigenvalue weighted by molar-refractivity contribution is -0.161. The van der Waals surface area contributed by atoms with Crippen molar-refractivity contribution in [3.05, 3.63) is 11.6 Å². The molecule has 162 valence electrons. The maximum Gasteiger partial charge on any atom is 0.311 e. The van der Waals surface area contributed by atoms with E-state index in [1.54, 1.807) is 5.57 Å². The number of ketones is 1. The van der Waals surface area contributed by atoms with E-state index < -0.39 is 5.41 Å². The van der Waals surface area contributed by atoms with Crippen molar-refractivity contribution in [2.75, 3.05) is 0 Å². The highest BCUT2D eigenvalue weighted by Crippen LogP contribution is 2.66. The summed E-state index contributed by atoms with van der Waals surface area (Å²) in [7, 11) is 0. The van der Waals surface area contributed by atoms with E-state index in [0.29, 0.717) is 11.7 Å². The number of carbonyl (C=O) groups excluding carboxylic acids is 2. The SMILES string of the molecule is CC(=O)[C@H]1CC[C@H]2[C@@H]3CC=C4C[C@@H](OC(=O)C(C)(C)C)CC[C@]4(C)[C@H]3CC[C@]12C. The smallest absolute Gasteiger partial charge is 0.311 e. The molecule has 3 saturated carbocycles. The first-order valence-corrected chi connectivity index (χ1v) is 11.9. The Bertz CT molecular complexity index is 729. The number of allylic oxidation sites excluding steroid dienone is 1. The van der Waals surface area contributed by atoms with Gasteiger partial charge in [0.1, 0.15) is 11.9 Å². The molecule has 3 nitrogen and oxygen atoms in total. The second-order valence-corrected chi connectivity index (χ2v) is 12.1. The fraction of sp³-hybridized carbons (Fsp3) is 0.846. The number of carbonyl (C=O) groups is 2. The van der Waals surface area contributed by atoms with Crippen LogP contribution in [-0.4, -0.2) is 17.9 Å². The Morgan fingerprint density at radius 1 is 1.03 bits per heavy atom. The van der Waals surface area contributed by atoms with Crippen LogP contribution in [0.15, 0.2) is 11.6 Å². The van der Waals surface area contributed by atoms with E-state index in [2.05, 4.69) is 19.9 Å². The van der Waals surface area contributed by atoms with Crippen LogP contribution in [0.1, 0.15) is 92.9 Å². The molecule has 7 atom stereocenters. The molecular weight excluding hydrogens is 360 g/mol. The van der Waals surface area contributed by atoms with E-state index in [-0.39, 0.29) is 28.8 Å². The zero-order valence-electron chi connectivity index (χ0n) is 19.3. The van der Waals surface area contributed by atoms with Gasteiger partial charge in [-0.05, 0) is 101 Å². The van der Waals surface area contributed by atoms with Crippen molar-refractivity contribution in [3.8, 4) is 0 Å². The van der Waals surface area contributed by atoms with Gasteiger partial charge >= 0.3 is 5.97 Å². The average Bonchev–Trinajstić information content (AvgIpc) is 2.98. The molecule has 4 aliphatic carbocycles. The van der Waals surface area contributed by atoms with Gasteiger partial charge in [-0.25, -0.2) is 0 Å². The summed E-state index contributed by atoms with van der Waals surface area (Å²) in [5.74, 6) is 2.76. The lowest BCUT2D eigenvalue weighted by atomic mass is 9.47. The molecule has 0 saturated heterocycles. The van der Waals surface area contributed by atoms with Crippen LogP contribution < -0.4 is 0 Å². The quantitative estimate of drug-likeness (QED) is 0.415. The lowest BCUT2D eigenvalue weighted by Gasteiger charge is -2.58. The molecule has 0 aromatic carbocycles. The van der Waals surface area contributed by atoms with Crippen LogP contribution in [0.25, 0.3) is 0 Å². The number of hydrogen-bond donors (Lipinski definition) is 0. The number of esters is 1. The van der Waals surface area contributed by atoms with E-state index >= 15 is 0 Å². The average molecular weight is 401 g/mol. The van der Waals surface area contributed by atoms with Gasteiger partial charge in [0.05, 0.1) is 5.41 Å². The summed E-state index contributed by atoms with van der Waals surface area (Å²) in [4.78, 5) is 24.7. The molecule has 0 amide bonds. The molecule has 0 spiro atoms. The summed E-state index contributed by atoms with van der Waals surface area (Å²) in [6, 6.07) is 0. The number of rotatable bonds is 2. The predicted octanol–water partition coefficient (Wildman–Crippen LogP) is 6.11. The van der Waals surface area contributed by atoms with Gasteiger partial charge in [-0.1, -0.05) is 25.5 Å². The largest absolute Gasteiger partial charge is 0.462 e. The Labute approximate surface area is 177 Å². The fourth-order valence-corrected chi connectivity index (χ4v) is 7.72. The third-order valence-electron chi connectivity index (χ3n) is 9.44. The highest BCUT2D eigenvalue weighted by Gasteiger charge is 2.59. The zero-order valence-corrected chi connectivity index (χ0v) is 19.3. The zero-order chi connectivity index (χ0) is 21.2. The Hall–Kier alpha value is -1.12. The van der Waals surface area contributed by atoms with Gasteiger partial charge in [-0.2, -0.15) is 0 Å². The monoisotopic (exact) mass is 400 g/mol. The van der Waals surface area contributed by atoms with Crippen molar-refractivity contribution in [3.63, 3.8) is 0 Å². The van der Waals surface area contributed by atoms with Crippen LogP contribution in [-0.2, 0) is 14.3 Å². The fourth-order valence-electron chi connectivity index (χ4n) is 7.72. The van der Waals surface area contributed by atoms with Crippen molar-refractivity contribution in [1.82, 2.24) is 0 Å². The molecular formula is C26H40O3. The molecule has 0 aliphatic heterocycles. The van der Waals surface area contributed by atoms with Gasteiger partial charge in [-0.15, -0.1) is 0 Å². The van der Waals surface area contributed by atoms with Crippen molar-refractivity contribution in [2.45, 2.75) is 99.0 Å². The van der Waals surface area contributed by atoms with E-state index in [4.69, 9.17) is 4.74 Å². The third kappa shape index (κ3) is 3.31. The molecule has 4 rings (SSSR count). The molecule has 3 heteroatoms. The van der Waals surface area contributed by atoms with Crippen molar-refractivity contribution in [1.29, 1.82) is 0 Å². The second kappa shape index (κ2) is 6.95. The Morgan fingerprint density at radius 2 is 1.76 bits per heavy atom. The minimum atomic E-state index is -0.434. The molecule has 4 aliphatic rings. The third-order valence-corrected chi connectivity index (χ3v) is 9.44. The van der Waals surface area contributed by atoms with Crippen LogP contribution in [0.3, 0.4) is 0 Å². The normalized spacial score (nSPS) is 44.2. The van der Waals surface area contributed by atoms with Gasteiger partial charge in [-0.3, -0.25) is 9.59 Å². The van der Waals surface area contributed by atoms with E-state index in [1.165, 1.54) is 19.3 Å². The lowest BCUT2D eigenvalue weighted by Crippen LogP contribution is -2.51. The maximum absolute atomic E-state index is 12.4. The van der Waals surface area contributed by atoms with Gasteiger partial charge in [0.25, 0.3) is 0 Å². The van der Waals surface area contributed by atoms with Crippen LogP contribution in [0.4, 0.5) is 0 Å². The van der Waals surface area contributed by atoms with Crippen LogP contribution >= 0.6 is 0 Å². The first-order chi connectivity index (χ1) is 13.5. The molecule has 0 aromatic rings. The summed E-state index contributed by atoms with van der Waals surface area (Å²) >= 11 is 0. The summed E-state index contributed by atoms with van der Waals surface area (Å²) in [5.41, 5.74) is 1.58. The standard InChI is InChI=1S/C26H40O3/c1-16(27)20-9-10-21-19-8-7-17-15-18(29-23(28)24(2,3)4)11-13-25(17,5)22(19)12-14-26(20,21)6/h7,18-22H,8-15H2,1-6H3/t18-,19-,20+,21-,22-,25-,26+/m0/s1. The minimum Gasteiger partial charge on any atom is -0.462 e. The molecule has 0 unspecified atom stereocenters. The van der Waals surface area contributed by atoms with Gasteiger partial charge in [0.2, 0.25) is 0 Å². The van der Waals surface area contributed by atoms with Gasteiger partial charge in [0.15, 0.2) is 0 Å². The predicted molar refractivity (Wildman–Crippen MR) is 115 cm³/mol. The van der Waals surface area contributed by atoms with Gasteiger partial charge in [0, 0.05) is 12.3 Å². The first-order valence-electron chi connectivity index (χ1n) is 11.9. The summed E-state index contributed by atoms with van der Waals surface area (Å²) < 4.78 is 5.89. The van der Waals surface area contributed by atoms with E-state index in [1.807, 2.05) is 27.7 Å². The maximum atomic E-state index is 12.4.